The Hall–Kier alpha value is -1.92. The first-order valence-corrected chi connectivity index (χ1v) is 7.86. The summed E-state index contributed by atoms with van der Waals surface area (Å²) in [5, 5.41) is 12.7. The minimum atomic E-state index is -0.231. The Morgan fingerprint density at radius 3 is 2.59 bits per heavy atom. The number of aliphatic hydroxyl groups excluding tert-OH is 1. The monoisotopic (exact) mass is 320 g/mol. The van der Waals surface area contributed by atoms with E-state index in [1.807, 2.05) is 31.2 Å². The molecule has 0 bridgehead atoms. The van der Waals surface area contributed by atoms with Gasteiger partial charge in [0.05, 0.1) is 18.8 Å². The van der Waals surface area contributed by atoms with Crippen molar-refractivity contribution in [2.45, 2.75) is 26.3 Å². The molecule has 5 nitrogen and oxygen atoms in total. The van der Waals surface area contributed by atoms with Gasteiger partial charge < -0.3 is 15.2 Å². The highest BCUT2D eigenvalue weighted by Gasteiger charge is 2.20. The summed E-state index contributed by atoms with van der Waals surface area (Å²) in [6.45, 7) is 3.79. The number of rotatable bonds is 6. The Kier molecular flexibility index (Phi) is 5.51. The maximum absolute atomic E-state index is 12.4. The summed E-state index contributed by atoms with van der Waals surface area (Å²) in [4.78, 5) is 17.2. The number of methoxy groups -OCH3 is 1. The van der Waals surface area contributed by atoms with Gasteiger partial charge in [-0.3, -0.25) is 4.79 Å². The zero-order valence-corrected chi connectivity index (χ0v) is 13.7. The van der Waals surface area contributed by atoms with Gasteiger partial charge in [-0.25, -0.2) is 4.98 Å². The molecule has 1 amide bonds. The van der Waals surface area contributed by atoms with Crippen molar-refractivity contribution < 1.29 is 14.6 Å². The van der Waals surface area contributed by atoms with Gasteiger partial charge in [0.1, 0.15) is 4.88 Å². The average Bonchev–Trinajstić information content (AvgIpc) is 2.89. The van der Waals surface area contributed by atoms with Crippen LogP contribution in [0.4, 0.5) is 0 Å². The predicted molar refractivity (Wildman–Crippen MR) is 86.5 cm³/mol. The van der Waals surface area contributed by atoms with Crippen LogP contribution in [-0.2, 0) is 0 Å². The molecule has 1 aromatic heterocycles. The number of hydrogen-bond donors (Lipinski definition) is 2. The molecule has 0 aliphatic heterocycles. The van der Waals surface area contributed by atoms with Crippen LogP contribution in [0.25, 0.3) is 0 Å². The van der Waals surface area contributed by atoms with Crippen molar-refractivity contribution in [2.24, 2.45) is 0 Å². The van der Waals surface area contributed by atoms with Crippen LogP contribution >= 0.6 is 11.3 Å². The van der Waals surface area contributed by atoms with Gasteiger partial charge in [-0.2, -0.15) is 0 Å². The van der Waals surface area contributed by atoms with Crippen molar-refractivity contribution in [2.75, 3.05) is 13.7 Å². The maximum Gasteiger partial charge on any atom is 0.273 e. The topological polar surface area (TPSA) is 71.5 Å². The quantitative estimate of drug-likeness (QED) is 0.858. The van der Waals surface area contributed by atoms with Gasteiger partial charge in [0, 0.05) is 6.61 Å². The first-order valence-electron chi connectivity index (χ1n) is 7.05. The second-order valence-electron chi connectivity index (χ2n) is 5.05. The molecular weight excluding hydrogens is 300 g/mol. The molecule has 2 aromatic rings. The second kappa shape index (κ2) is 7.38. The van der Waals surface area contributed by atoms with Gasteiger partial charge in [0.15, 0.2) is 0 Å². The first kappa shape index (κ1) is 16.5. The van der Waals surface area contributed by atoms with Crippen LogP contribution in [0.15, 0.2) is 24.3 Å². The number of benzene rings is 1. The standard InChI is InChI=1S/C16H20N2O3S/c1-10-4-6-12(7-5-10)13(8-9-19)18-15(20)14-11(2)17-16(21-3)22-14/h4-7,13,19H,8-9H2,1-3H3,(H,18,20). The highest BCUT2D eigenvalue weighted by atomic mass is 32.1. The molecule has 1 unspecified atom stereocenters. The maximum atomic E-state index is 12.4. The molecule has 1 atom stereocenters. The molecule has 0 aliphatic rings. The summed E-state index contributed by atoms with van der Waals surface area (Å²) in [5.74, 6) is -0.197. The van der Waals surface area contributed by atoms with Crippen molar-refractivity contribution in [3.8, 4) is 5.19 Å². The number of ether oxygens (including phenoxy) is 1. The Balaban J connectivity index is 2.18. The van der Waals surface area contributed by atoms with Crippen LogP contribution in [0.5, 0.6) is 5.19 Å². The van der Waals surface area contributed by atoms with E-state index in [9.17, 15) is 9.90 Å². The van der Waals surface area contributed by atoms with Gasteiger partial charge in [-0.15, -0.1) is 0 Å². The molecule has 0 radical (unpaired) electrons. The van der Waals surface area contributed by atoms with E-state index in [1.165, 1.54) is 18.4 Å². The Morgan fingerprint density at radius 1 is 1.36 bits per heavy atom. The lowest BCUT2D eigenvalue weighted by atomic mass is 10.0. The normalized spacial score (nSPS) is 12.0. The number of carbonyl (C=O) groups is 1. The zero-order chi connectivity index (χ0) is 16.1. The van der Waals surface area contributed by atoms with Gasteiger partial charge in [-0.05, 0) is 25.8 Å². The molecule has 22 heavy (non-hydrogen) atoms. The first-order chi connectivity index (χ1) is 10.5. The Bertz CT molecular complexity index is 637. The number of nitrogens with one attached hydrogen (secondary N) is 1. The van der Waals surface area contributed by atoms with E-state index in [-0.39, 0.29) is 18.6 Å². The molecule has 0 aliphatic carbocycles. The lowest BCUT2D eigenvalue weighted by molar-refractivity contribution is 0.0933. The molecule has 0 saturated heterocycles. The van der Waals surface area contributed by atoms with E-state index in [4.69, 9.17) is 4.74 Å². The van der Waals surface area contributed by atoms with E-state index in [0.717, 1.165) is 11.1 Å². The number of carbonyl (C=O) groups excluding carboxylic acids is 1. The molecule has 0 saturated carbocycles. The Morgan fingerprint density at radius 2 is 2.05 bits per heavy atom. The van der Waals surface area contributed by atoms with Crippen LogP contribution < -0.4 is 10.1 Å². The molecule has 0 spiro atoms. The summed E-state index contributed by atoms with van der Waals surface area (Å²) >= 11 is 1.22. The van der Waals surface area contributed by atoms with E-state index < -0.39 is 0 Å². The summed E-state index contributed by atoms with van der Waals surface area (Å²) in [6, 6.07) is 7.69. The van der Waals surface area contributed by atoms with Crippen LogP contribution in [0.2, 0.25) is 0 Å². The largest absolute Gasteiger partial charge is 0.473 e. The highest BCUT2D eigenvalue weighted by molar-refractivity contribution is 7.15. The van der Waals surface area contributed by atoms with Crippen LogP contribution in [0.3, 0.4) is 0 Å². The number of aryl methyl sites for hydroxylation is 2. The number of nitrogens with zero attached hydrogens (tertiary/aromatic N) is 1. The van der Waals surface area contributed by atoms with Crippen molar-refractivity contribution >= 4 is 17.2 Å². The minimum Gasteiger partial charge on any atom is -0.473 e. The third-order valence-corrected chi connectivity index (χ3v) is 4.48. The molecule has 2 N–H and O–H groups in total. The summed E-state index contributed by atoms with van der Waals surface area (Å²) in [7, 11) is 1.53. The predicted octanol–water partition coefficient (Wildman–Crippen LogP) is 2.62. The fourth-order valence-corrected chi connectivity index (χ4v) is 2.93. The van der Waals surface area contributed by atoms with Gasteiger partial charge >= 0.3 is 0 Å². The molecule has 2 rings (SSSR count). The number of aliphatic hydroxyl groups is 1. The van der Waals surface area contributed by atoms with Crippen molar-refractivity contribution in [1.82, 2.24) is 10.3 Å². The SMILES string of the molecule is COc1nc(C)c(C(=O)NC(CCO)c2ccc(C)cc2)s1. The number of thiazole rings is 1. The van der Waals surface area contributed by atoms with Crippen LogP contribution in [-0.4, -0.2) is 29.7 Å². The van der Waals surface area contributed by atoms with Crippen LogP contribution in [0, 0.1) is 13.8 Å². The lowest BCUT2D eigenvalue weighted by Gasteiger charge is -2.18. The molecule has 118 valence electrons. The molecule has 6 heteroatoms. The molecule has 0 fully saturated rings. The fraction of sp³-hybridized carbons (Fsp3) is 0.375. The number of hydrogen-bond acceptors (Lipinski definition) is 5. The molecule has 1 heterocycles. The smallest absolute Gasteiger partial charge is 0.273 e. The Labute approximate surface area is 134 Å². The van der Waals surface area contributed by atoms with Gasteiger partial charge in [-0.1, -0.05) is 41.2 Å². The van der Waals surface area contributed by atoms with Crippen molar-refractivity contribution in [3.63, 3.8) is 0 Å². The highest BCUT2D eigenvalue weighted by Crippen LogP contribution is 2.25. The number of aromatic nitrogens is 1. The number of amides is 1. The third kappa shape index (κ3) is 3.84. The molecule has 1 aromatic carbocycles. The van der Waals surface area contributed by atoms with Gasteiger partial charge in [0.25, 0.3) is 11.1 Å². The fourth-order valence-electron chi connectivity index (χ4n) is 2.14. The van der Waals surface area contributed by atoms with Gasteiger partial charge in [0.2, 0.25) is 0 Å². The summed E-state index contributed by atoms with van der Waals surface area (Å²) in [6.07, 6.45) is 0.462. The van der Waals surface area contributed by atoms with E-state index in [2.05, 4.69) is 10.3 Å². The minimum absolute atomic E-state index is 0.00379. The van der Waals surface area contributed by atoms with Crippen molar-refractivity contribution in [3.05, 3.63) is 46.0 Å². The zero-order valence-electron chi connectivity index (χ0n) is 12.9. The van der Waals surface area contributed by atoms with Crippen molar-refractivity contribution in [1.29, 1.82) is 0 Å². The lowest BCUT2D eigenvalue weighted by Crippen LogP contribution is -2.29. The summed E-state index contributed by atoms with van der Waals surface area (Å²) in [5.41, 5.74) is 2.77. The van der Waals surface area contributed by atoms with E-state index >= 15 is 0 Å². The van der Waals surface area contributed by atoms with E-state index in [0.29, 0.717) is 22.2 Å². The summed E-state index contributed by atoms with van der Waals surface area (Å²) < 4.78 is 5.06. The van der Waals surface area contributed by atoms with E-state index in [1.54, 1.807) is 6.92 Å². The van der Waals surface area contributed by atoms with Crippen LogP contribution in [0.1, 0.15) is 39.0 Å². The third-order valence-electron chi connectivity index (χ3n) is 3.36. The second-order valence-corrected chi connectivity index (χ2v) is 6.01. The average molecular weight is 320 g/mol. The molecular formula is C16H20N2O3S.